The van der Waals surface area contributed by atoms with Crippen molar-refractivity contribution in [3.63, 3.8) is 0 Å². The molecule has 0 fully saturated rings. The molecule has 19 heavy (non-hydrogen) atoms. The summed E-state index contributed by atoms with van der Waals surface area (Å²) in [5.74, 6) is -0.202. The van der Waals surface area contributed by atoms with Crippen LogP contribution < -0.4 is 0 Å². The average molecular weight is 256 g/mol. The van der Waals surface area contributed by atoms with E-state index in [1.165, 1.54) is 7.11 Å². The average Bonchev–Trinajstić information content (AvgIpc) is 2.45. The molecule has 0 amide bonds. The molecule has 0 saturated heterocycles. The Morgan fingerprint density at radius 2 is 1.84 bits per heavy atom. The summed E-state index contributed by atoms with van der Waals surface area (Å²) < 4.78 is 4.64. The summed E-state index contributed by atoms with van der Waals surface area (Å²) in [7, 11) is 1.40. The van der Waals surface area contributed by atoms with Gasteiger partial charge >= 0.3 is 5.97 Å². The van der Waals surface area contributed by atoms with Crippen molar-refractivity contribution >= 4 is 5.97 Å². The van der Waals surface area contributed by atoms with Crippen LogP contribution in [-0.4, -0.2) is 23.0 Å². The molecule has 98 valence electrons. The predicted octanol–water partition coefficient (Wildman–Crippen LogP) is 2.56. The fourth-order valence-corrected chi connectivity index (χ4v) is 1.79. The summed E-state index contributed by atoms with van der Waals surface area (Å²) in [4.78, 5) is 19.8. The van der Waals surface area contributed by atoms with Crippen molar-refractivity contribution in [2.24, 2.45) is 0 Å². The Labute approximate surface area is 112 Å². The molecule has 0 N–H and O–H groups in total. The smallest absolute Gasteiger partial charge is 0.305 e. The maximum atomic E-state index is 11.1. The van der Waals surface area contributed by atoms with Crippen molar-refractivity contribution in [2.75, 3.05) is 7.11 Å². The summed E-state index contributed by atoms with van der Waals surface area (Å²) >= 11 is 0. The van der Waals surface area contributed by atoms with E-state index in [1.54, 1.807) is 12.4 Å². The van der Waals surface area contributed by atoms with Crippen molar-refractivity contribution < 1.29 is 9.53 Å². The SMILES string of the molecule is COC(=O)CCc1ccnc(-c2cc(C)ccn2)c1. The zero-order valence-electron chi connectivity index (χ0n) is 11.1. The van der Waals surface area contributed by atoms with Crippen LogP contribution in [0.15, 0.2) is 36.7 Å². The third-order valence-electron chi connectivity index (χ3n) is 2.85. The number of hydrogen-bond donors (Lipinski definition) is 0. The second-order valence-electron chi connectivity index (χ2n) is 4.34. The number of carbonyl (C=O) groups excluding carboxylic acids is 1. The zero-order chi connectivity index (χ0) is 13.7. The Morgan fingerprint density at radius 1 is 1.16 bits per heavy atom. The fourth-order valence-electron chi connectivity index (χ4n) is 1.79. The monoisotopic (exact) mass is 256 g/mol. The minimum Gasteiger partial charge on any atom is -0.469 e. The molecule has 2 aromatic heterocycles. The van der Waals surface area contributed by atoms with Crippen LogP contribution >= 0.6 is 0 Å². The standard InChI is InChI=1S/C15H16N2O2/c1-11-5-7-16-13(9-11)14-10-12(6-8-17-14)3-4-15(18)19-2/h5-10H,3-4H2,1-2H3. The van der Waals surface area contributed by atoms with Gasteiger partial charge in [-0.25, -0.2) is 0 Å². The van der Waals surface area contributed by atoms with Crippen LogP contribution in [0.25, 0.3) is 11.4 Å². The van der Waals surface area contributed by atoms with Gasteiger partial charge in [0.1, 0.15) is 0 Å². The summed E-state index contributed by atoms with van der Waals surface area (Å²) in [6, 6.07) is 7.81. The molecule has 0 aromatic carbocycles. The third-order valence-corrected chi connectivity index (χ3v) is 2.85. The van der Waals surface area contributed by atoms with Gasteiger partial charge in [0.15, 0.2) is 0 Å². The molecular weight excluding hydrogens is 240 g/mol. The topological polar surface area (TPSA) is 52.1 Å². The maximum absolute atomic E-state index is 11.1. The lowest BCUT2D eigenvalue weighted by atomic mass is 10.1. The van der Waals surface area contributed by atoms with Gasteiger partial charge in [0.25, 0.3) is 0 Å². The lowest BCUT2D eigenvalue weighted by Gasteiger charge is -2.04. The van der Waals surface area contributed by atoms with E-state index in [1.807, 2.05) is 31.2 Å². The first-order chi connectivity index (χ1) is 9.19. The number of pyridine rings is 2. The lowest BCUT2D eigenvalue weighted by molar-refractivity contribution is -0.140. The minimum absolute atomic E-state index is 0.202. The van der Waals surface area contributed by atoms with Crippen molar-refractivity contribution in [2.45, 2.75) is 19.8 Å². The summed E-state index contributed by atoms with van der Waals surface area (Å²) in [5, 5.41) is 0. The molecule has 0 radical (unpaired) electrons. The molecule has 2 aromatic rings. The number of esters is 1. The van der Waals surface area contributed by atoms with Gasteiger partial charge < -0.3 is 4.74 Å². The van der Waals surface area contributed by atoms with E-state index in [0.29, 0.717) is 12.8 Å². The highest BCUT2D eigenvalue weighted by Crippen LogP contribution is 2.17. The molecular formula is C15H16N2O2. The Hall–Kier alpha value is -2.23. The van der Waals surface area contributed by atoms with E-state index in [-0.39, 0.29) is 5.97 Å². The molecule has 0 aliphatic carbocycles. The first-order valence-corrected chi connectivity index (χ1v) is 6.14. The molecule has 4 nitrogen and oxygen atoms in total. The largest absolute Gasteiger partial charge is 0.469 e. The molecule has 0 spiro atoms. The summed E-state index contributed by atoms with van der Waals surface area (Å²) in [5.41, 5.74) is 3.87. The second kappa shape index (κ2) is 6.09. The van der Waals surface area contributed by atoms with Gasteiger partial charge in [-0.15, -0.1) is 0 Å². The van der Waals surface area contributed by atoms with Crippen LogP contribution in [0.1, 0.15) is 17.5 Å². The Kier molecular flexibility index (Phi) is 4.23. The normalized spacial score (nSPS) is 10.2. The van der Waals surface area contributed by atoms with Crippen LogP contribution in [0.4, 0.5) is 0 Å². The molecule has 2 rings (SSSR count). The Bertz CT molecular complexity index is 582. The van der Waals surface area contributed by atoms with E-state index in [0.717, 1.165) is 22.5 Å². The predicted molar refractivity (Wildman–Crippen MR) is 72.5 cm³/mol. The number of aromatic nitrogens is 2. The number of carbonyl (C=O) groups is 1. The highest BCUT2D eigenvalue weighted by atomic mass is 16.5. The minimum atomic E-state index is -0.202. The van der Waals surface area contributed by atoms with Gasteiger partial charge in [0, 0.05) is 18.8 Å². The second-order valence-corrected chi connectivity index (χ2v) is 4.34. The molecule has 0 aliphatic rings. The molecule has 0 aliphatic heterocycles. The van der Waals surface area contributed by atoms with Gasteiger partial charge in [-0.1, -0.05) is 0 Å². The number of aryl methyl sites for hydroxylation is 2. The van der Waals surface area contributed by atoms with E-state index < -0.39 is 0 Å². The van der Waals surface area contributed by atoms with Crippen molar-refractivity contribution in [3.05, 3.63) is 47.8 Å². The number of ether oxygens (including phenoxy) is 1. The van der Waals surface area contributed by atoms with Gasteiger partial charge in [0.05, 0.1) is 18.5 Å². The highest BCUT2D eigenvalue weighted by molar-refractivity contribution is 5.69. The van der Waals surface area contributed by atoms with Gasteiger partial charge in [-0.2, -0.15) is 0 Å². The van der Waals surface area contributed by atoms with E-state index in [4.69, 9.17) is 0 Å². The number of methoxy groups -OCH3 is 1. The van der Waals surface area contributed by atoms with Crippen LogP contribution in [0.3, 0.4) is 0 Å². The highest BCUT2D eigenvalue weighted by Gasteiger charge is 2.05. The lowest BCUT2D eigenvalue weighted by Crippen LogP contribution is -2.02. The third kappa shape index (κ3) is 3.61. The first-order valence-electron chi connectivity index (χ1n) is 6.14. The van der Waals surface area contributed by atoms with E-state index in [2.05, 4.69) is 14.7 Å². The number of nitrogens with zero attached hydrogens (tertiary/aromatic N) is 2. The van der Waals surface area contributed by atoms with E-state index >= 15 is 0 Å². The molecule has 0 atom stereocenters. The maximum Gasteiger partial charge on any atom is 0.305 e. The van der Waals surface area contributed by atoms with Gasteiger partial charge in [-0.05, 0) is 48.7 Å². The number of rotatable bonds is 4. The van der Waals surface area contributed by atoms with Crippen LogP contribution in [0, 0.1) is 6.92 Å². The molecule has 0 saturated carbocycles. The van der Waals surface area contributed by atoms with Crippen molar-refractivity contribution in [1.29, 1.82) is 0 Å². The molecule has 0 bridgehead atoms. The van der Waals surface area contributed by atoms with E-state index in [9.17, 15) is 4.79 Å². The fraction of sp³-hybridized carbons (Fsp3) is 0.267. The quantitative estimate of drug-likeness (QED) is 0.789. The summed E-state index contributed by atoms with van der Waals surface area (Å²) in [6.07, 6.45) is 4.54. The van der Waals surface area contributed by atoms with Crippen LogP contribution in [-0.2, 0) is 16.0 Å². The first kappa shape index (κ1) is 13.2. The van der Waals surface area contributed by atoms with Gasteiger partial charge in [0.2, 0.25) is 0 Å². The Morgan fingerprint density at radius 3 is 2.53 bits per heavy atom. The summed E-state index contributed by atoms with van der Waals surface area (Å²) in [6.45, 7) is 2.02. The van der Waals surface area contributed by atoms with Crippen LogP contribution in [0.2, 0.25) is 0 Å². The molecule has 2 heterocycles. The van der Waals surface area contributed by atoms with Crippen molar-refractivity contribution in [3.8, 4) is 11.4 Å². The number of hydrogen-bond acceptors (Lipinski definition) is 4. The molecule has 4 heteroatoms. The van der Waals surface area contributed by atoms with Crippen LogP contribution in [0.5, 0.6) is 0 Å². The Balaban J connectivity index is 2.17. The van der Waals surface area contributed by atoms with Crippen molar-refractivity contribution in [1.82, 2.24) is 9.97 Å². The van der Waals surface area contributed by atoms with Gasteiger partial charge in [-0.3, -0.25) is 14.8 Å². The zero-order valence-corrected chi connectivity index (χ0v) is 11.1. The molecule has 0 unspecified atom stereocenters.